The van der Waals surface area contributed by atoms with E-state index >= 15 is 0 Å². The summed E-state index contributed by atoms with van der Waals surface area (Å²) in [4.78, 5) is 13.7. The lowest BCUT2D eigenvalue weighted by Crippen LogP contribution is -2.44. The first-order chi connectivity index (χ1) is 7.18. The maximum Gasteiger partial charge on any atom is 0.326 e. The Kier molecular flexibility index (Phi) is 4.54. The number of rotatable bonds is 7. The number of carbonyl (C=O) groups excluding carboxylic acids is 1. The summed E-state index contributed by atoms with van der Waals surface area (Å²) in [5, 5.41) is 3.30. The Bertz CT molecular complexity index is 211. The Morgan fingerprint density at radius 2 is 2.00 bits per heavy atom. The molecule has 0 bridgehead atoms. The number of esters is 1. The van der Waals surface area contributed by atoms with E-state index in [4.69, 9.17) is 4.74 Å². The van der Waals surface area contributed by atoms with Crippen LogP contribution in [0.5, 0.6) is 0 Å². The van der Waals surface area contributed by atoms with Crippen molar-refractivity contribution in [1.29, 1.82) is 0 Å². The molecule has 0 heterocycles. The molecule has 1 aliphatic rings. The summed E-state index contributed by atoms with van der Waals surface area (Å²) in [7, 11) is 1.45. The highest BCUT2D eigenvalue weighted by molar-refractivity contribution is 5.84. The molecule has 0 unspecified atom stereocenters. The standard InChI is InChI=1S/C11H22N2O2/c1-4-13(5-2)9-8-12-11(6-7-11)10(14)15-3/h12H,4-9H2,1-3H3. The zero-order valence-corrected chi connectivity index (χ0v) is 10.0. The van der Waals surface area contributed by atoms with Crippen LogP contribution in [0.2, 0.25) is 0 Å². The van der Waals surface area contributed by atoms with Gasteiger partial charge in [0.15, 0.2) is 0 Å². The van der Waals surface area contributed by atoms with Gasteiger partial charge >= 0.3 is 5.97 Å². The Morgan fingerprint density at radius 3 is 2.40 bits per heavy atom. The Labute approximate surface area is 92.0 Å². The van der Waals surface area contributed by atoms with E-state index in [0.29, 0.717) is 0 Å². The normalized spacial score (nSPS) is 17.9. The molecule has 4 nitrogen and oxygen atoms in total. The molecule has 0 spiro atoms. The minimum absolute atomic E-state index is 0.109. The van der Waals surface area contributed by atoms with Crippen LogP contribution in [0, 0.1) is 0 Å². The van der Waals surface area contributed by atoms with Gasteiger partial charge in [0.2, 0.25) is 0 Å². The first-order valence-electron chi connectivity index (χ1n) is 5.74. The van der Waals surface area contributed by atoms with Crippen LogP contribution < -0.4 is 5.32 Å². The van der Waals surface area contributed by atoms with Crippen molar-refractivity contribution in [3.63, 3.8) is 0 Å². The van der Waals surface area contributed by atoms with Crippen LogP contribution in [-0.2, 0) is 9.53 Å². The Morgan fingerprint density at radius 1 is 1.40 bits per heavy atom. The second kappa shape index (κ2) is 5.47. The fraction of sp³-hybridized carbons (Fsp3) is 0.909. The van der Waals surface area contributed by atoms with E-state index in [9.17, 15) is 4.79 Å². The fourth-order valence-electron chi connectivity index (χ4n) is 1.77. The molecule has 88 valence electrons. The van der Waals surface area contributed by atoms with Gasteiger partial charge in [-0.25, -0.2) is 0 Å². The van der Waals surface area contributed by atoms with Crippen molar-refractivity contribution in [3.05, 3.63) is 0 Å². The summed E-state index contributed by atoms with van der Waals surface area (Å²) in [5.41, 5.74) is -0.345. The van der Waals surface area contributed by atoms with Gasteiger partial charge in [0.25, 0.3) is 0 Å². The molecule has 0 amide bonds. The lowest BCUT2D eigenvalue weighted by molar-refractivity contribution is -0.144. The number of nitrogens with one attached hydrogen (secondary N) is 1. The van der Waals surface area contributed by atoms with E-state index in [1.165, 1.54) is 7.11 Å². The van der Waals surface area contributed by atoms with E-state index in [0.717, 1.165) is 39.0 Å². The third-order valence-electron chi connectivity index (χ3n) is 3.11. The van der Waals surface area contributed by atoms with Crippen LogP contribution >= 0.6 is 0 Å². The highest BCUT2D eigenvalue weighted by Crippen LogP contribution is 2.36. The van der Waals surface area contributed by atoms with Crippen LogP contribution in [0.25, 0.3) is 0 Å². The van der Waals surface area contributed by atoms with Gasteiger partial charge in [-0.1, -0.05) is 13.8 Å². The molecule has 1 saturated carbocycles. The maximum atomic E-state index is 11.4. The molecule has 1 rings (SSSR count). The Hall–Kier alpha value is -0.610. The molecule has 1 aliphatic carbocycles. The molecule has 1 fully saturated rings. The van der Waals surface area contributed by atoms with E-state index in [1.54, 1.807) is 0 Å². The quantitative estimate of drug-likeness (QED) is 0.631. The van der Waals surface area contributed by atoms with Crippen LogP contribution in [0.15, 0.2) is 0 Å². The minimum Gasteiger partial charge on any atom is -0.468 e. The van der Waals surface area contributed by atoms with Gasteiger partial charge in [-0.3, -0.25) is 4.79 Å². The second-order valence-electron chi connectivity index (χ2n) is 4.03. The predicted molar refractivity (Wildman–Crippen MR) is 59.8 cm³/mol. The zero-order valence-electron chi connectivity index (χ0n) is 10.0. The number of ether oxygens (including phenoxy) is 1. The summed E-state index contributed by atoms with van der Waals surface area (Å²) < 4.78 is 4.77. The first-order valence-corrected chi connectivity index (χ1v) is 5.74. The topological polar surface area (TPSA) is 41.6 Å². The predicted octanol–water partition coefficient (Wildman–Crippen LogP) is 0.623. The smallest absolute Gasteiger partial charge is 0.326 e. The van der Waals surface area contributed by atoms with Crippen molar-refractivity contribution in [2.24, 2.45) is 0 Å². The second-order valence-corrected chi connectivity index (χ2v) is 4.03. The average molecular weight is 214 g/mol. The van der Waals surface area contributed by atoms with Gasteiger partial charge in [-0.05, 0) is 25.9 Å². The SMILES string of the molecule is CCN(CC)CCNC1(C(=O)OC)CC1. The molecule has 0 aromatic rings. The van der Waals surface area contributed by atoms with Crippen LogP contribution in [-0.4, -0.2) is 49.7 Å². The summed E-state index contributed by atoms with van der Waals surface area (Å²) in [5.74, 6) is -0.109. The summed E-state index contributed by atoms with van der Waals surface area (Å²) in [6.45, 7) is 8.27. The molecule has 15 heavy (non-hydrogen) atoms. The number of nitrogens with zero attached hydrogens (tertiary/aromatic N) is 1. The van der Waals surface area contributed by atoms with Crippen molar-refractivity contribution < 1.29 is 9.53 Å². The average Bonchev–Trinajstić information content (AvgIpc) is 3.04. The monoisotopic (exact) mass is 214 g/mol. The highest BCUT2D eigenvalue weighted by atomic mass is 16.5. The lowest BCUT2D eigenvalue weighted by Gasteiger charge is -2.20. The highest BCUT2D eigenvalue weighted by Gasteiger charge is 2.50. The lowest BCUT2D eigenvalue weighted by atomic mass is 10.2. The van der Waals surface area contributed by atoms with E-state index in [2.05, 4.69) is 24.1 Å². The summed E-state index contributed by atoms with van der Waals surface area (Å²) in [6.07, 6.45) is 1.83. The van der Waals surface area contributed by atoms with Gasteiger partial charge in [-0.2, -0.15) is 0 Å². The number of hydrogen-bond donors (Lipinski definition) is 1. The van der Waals surface area contributed by atoms with Crippen molar-refractivity contribution in [3.8, 4) is 0 Å². The van der Waals surface area contributed by atoms with Gasteiger partial charge in [-0.15, -0.1) is 0 Å². The number of hydrogen-bond acceptors (Lipinski definition) is 4. The molecule has 0 aromatic heterocycles. The van der Waals surface area contributed by atoms with Gasteiger partial charge in [0.1, 0.15) is 5.54 Å². The zero-order chi connectivity index (χ0) is 11.3. The summed E-state index contributed by atoms with van der Waals surface area (Å²) >= 11 is 0. The van der Waals surface area contributed by atoms with Crippen LogP contribution in [0.3, 0.4) is 0 Å². The van der Waals surface area contributed by atoms with Crippen LogP contribution in [0.1, 0.15) is 26.7 Å². The molecule has 1 N–H and O–H groups in total. The van der Waals surface area contributed by atoms with E-state index < -0.39 is 0 Å². The van der Waals surface area contributed by atoms with Crippen molar-refractivity contribution in [2.75, 3.05) is 33.3 Å². The number of methoxy groups -OCH3 is 1. The number of carbonyl (C=O) groups is 1. The maximum absolute atomic E-state index is 11.4. The van der Waals surface area contributed by atoms with Gasteiger partial charge in [0.05, 0.1) is 7.11 Å². The van der Waals surface area contributed by atoms with Crippen molar-refractivity contribution in [1.82, 2.24) is 10.2 Å². The third kappa shape index (κ3) is 3.18. The van der Waals surface area contributed by atoms with E-state index in [-0.39, 0.29) is 11.5 Å². The summed E-state index contributed by atoms with van der Waals surface area (Å²) in [6, 6.07) is 0. The molecule has 0 radical (unpaired) electrons. The van der Waals surface area contributed by atoms with Crippen LogP contribution in [0.4, 0.5) is 0 Å². The van der Waals surface area contributed by atoms with Crippen molar-refractivity contribution in [2.45, 2.75) is 32.2 Å². The molecule has 0 aromatic carbocycles. The van der Waals surface area contributed by atoms with Crippen molar-refractivity contribution >= 4 is 5.97 Å². The molecule has 4 heteroatoms. The molecular formula is C11H22N2O2. The van der Waals surface area contributed by atoms with E-state index in [1.807, 2.05) is 0 Å². The van der Waals surface area contributed by atoms with Gasteiger partial charge in [0, 0.05) is 13.1 Å². The molecular weight excluding hydrogens is 192 g/mol. The molecule has 0 saturated heterocycles. The first kappa shape index (κ1) is 12.5. The minimum atomic E-state index is -0.345. The molecule has 0 aliphatic heterocycles. The number of likely N-dealkylation sites (N-methyl/N-ethyl adjacent to an activating group) is 1. The van der Waals surface area contributed by atoms with Gasteiger partial charge < -0.3 is 15.0 Å². The Balaban J connectivity index is 2.22. The largest absolute Gasteiger partial charge is 0.468 e. The fourth-order valence-corrected chi connectivity index (χ4v) is 1.77. The third-order valence-corrected chi connectivity index (χ3v) is 3.11. The molecule has 0 atom stereocenters.